The van der Waals surface area contributed by atoms with E-state index in [0.717, 1.165) is 22.7 Å². The fourth-order valence-corrected chi connectivity index (χ4v) is 2.17. The third-order valence-electron chi connectivity index (χ3n) is 3.10. The molecule has 5 heteroatoms. The van der Waals surface area contributed by atoms with E-state index >= 15 is 0 Å². The molecule has 2 aromatic carbocycles. The fourth-order valence-electron chi connectivity index (χ4n) is 2.05. The van der Waals surface area contributed by atoms with E-state index in [2.05, 4.69) is 4.99 Å². The highest BCUT2D eigenvalue weighted by atomic mass is 35.5. The van der Waals surface area contributed by atoms with Gasteiger partial charge < -0.3 is 15.2 Å². The molecule has 0 amide bonds. The van der Waals surface area contributed by atoms with Crippen LogP contribution in [0.15, 0.2) is 53.5 Å². The van der Waals surface area contributed by atoms with E-state index in [0.29, 0.717) is 24.1 Å². The molecule has 0 radical (unpaired) electrons. The van der Waals surface area contributed by atoms with Gasteiger partial charge in [-0.3, -0.25) is 0 Å². The van der Waals surface area contributed by atoms with Crippen LogP contribution < -0.4 is 15.2 Å². The summed E-state index contributed by atoms with van der Waals surface area (Å²) < 4.78 is 11.0. The van der Waals surface area contributed by atoms with Gasteiger partial charge in [-0.1, -0.05) is 23.7 Å². The number of hydrogen-bond donors (Lipinski definition) is 1. The Morgan fingerprint density at radius 1 is 1.05 bits per heavy atom. The monoisotopic (exact) mass is 314 g/mol. The van der Waals surface area contributed by atoms with E-state index < -0.39 is 0 Å². The van der Waals surface area contributed by atoms with E-state index in [1.165, 1.54) is 0 Å². The molecule has 4 nitrogen and oxygen atoms in total. The summed E-state index contributed by atoms with van der Waals surface area (Å²) in [5.74, 6) is 1.94. The summed E-state index contributed by atoms with van der Waals surface area (Å²) in [6, 6.07) is 12.9. The standard InChI is InChI=1S/C17H15ClN2O2/c18-13-3-5-14(6-4-13)20-17(19)8-2-12-1-7-15-16(11-12)22-10-9-21-15/h1-8,11H,9-10H2,(H2,19,20). The average Bonchev–Trinajstić information content (AvgIpc) is 2.55. The fraction of sp³-hybridized carbons (Fsp3) is 0.118. The number of aliphatic imine (C=N–C) groups is 1. The molecular formula is C17H15ClN2O2. The zero-order valence-electron chi connectivity index (χ0n) is 11.8. The maximum atomic E-state index is 5.90. The molecule has 0 unspecified atom stereocenters. The molecule has 2 aromatic rings. The number of hydrogen-bond acceptors (Lipinski definition) is 3. The molecule has 0 bridgehead atoms. The van der Waals surface area contributed by atoms with Crippen LogP contribution in [-0.4, -0.2) is 19.0 Å². The van der Waals surface area contributed by atoms with Gasteiger partial charge in [-0.2, -0.15) is 0 Å². The maximum absolute atomic E-state index is 5.90. The summed E-state index contributed by atoms with van der Waals surface area (Å²) in [6.07, 6.45) is 3.63. The minimum absolute atomic E-state index is 0.414. The second-order valence-electron chi connectivity index (χ2n) is 4.75. The highest BCUT2D eigenvalue weighted by molar-refractivity contribution is 6.30. The van der Waals surface area contributed by atoms with Crippen LogP contribution in [0.1, 0.15) is 5.56 Å². The molecule has 112 valence electrons. The van der Waals surface area contributed by atoms with Crippen LogP contribution in [0.5, 0.6) is 11.5 Å². The molecular weight excluding hydrogens is 300 g/mol. The van der Waals surface area contributed by atoms with Crippen molar-refractivity contribution in [3.8, 4) is 11.5 Å². The summed E-state index contributed by atoms with van der Waals surface area (Å²) in [5.41, 5.74) is 7.63. The first-order chi connectivity index (χ1) is 10.7. The van der Waals surface area contributed by atoms with Gasteiger partial charge in [0, 0.05) is 5.02 Å². The van der Waals surface area contributed by atoms with Crippen LogP contribution in [0, 0.1) is 0 Å². The zero-order valence-corrected chi connectivity index (χ0v) is 12.6. The summed E-state index contributed by atoms with van der Waals surface area (Å²) in [4.78, 5) is 4.30. The number of ether oxygens (including phenoxy) is 2. The summed E-state index contributed by atoms with van der Waals surface area (Å²) in [6.45, 7) is 1.16. The topological polar surface area (TPSA) is 56.8 Å². The van der Waals surface area contributed by atoms with Gasteiger partial charge in [0.15, 0.2) is 11.5 Å². The Hall–Kier alpha value is -2.46. The minimum Gasteiger partial charge on any atom is -0.486 e. The van der Waals surface area contributed by atoms with Gasteiger partial charge in [0.05, 0.1) is 5.69 Å². The van der Waals surface area contributed by atoms with E-state index in [-0.39, 0.29) is 0 Å². The van der Waals surface area contributed by atoms with Gasteiger partial charge in [0.1, 0.15) is 19.0 Å². The average molecular weight is 315 g/mol. The van der Waals surface area contributed by atoms with Crippen molar-refractivity contribution in [1.82, 2.24) is 0 Å². The van der Waals surface area contributed by atoms with Gasteiger partial charge in [-0.05, 0) is 48.0 Å². The Morgan fingerprint density at radius 3 is 2.55 bits per heavy atom. The smallest absolute Gasteiger partial charge is 0.161 e. The predicted molar refractivity (Wildman–Crippen MR) is 89.2 cm³/mol. The Labute approximate surface area is 133 Å². The Kier molecular flexibility index (Phi) is 4.30. The first kappa shape index (κ1) is 14.5. The number of benzene rings is 2. The van der Waals surface area contributed by atoms with Gasteiger partial charge >= 0.3 is 0 Å². The molecule has 0 aliphatic carbocycles. The lowest BCUT2D eigenvalue weighted by molar-refractivity contribution is 0.171. The van der Waals surface area contributed by atoms with Crippen molar-refractivity contribution < 1.29 is 9.47 Å². The number of nitrogens with zero attached hydrogens (tertiary/aromatic N) is 1. The first-order valence-electron chi connectivity index (χ1n) is 6.88. The van der Waals surface area contributed by atoms with Crippen LogP contribution in [-0.2, 0) is 0 Å². The third kappa shape index (κ3) is 3.59. The van der Waals surface area contributed by atoms with Gasteiger partial charge in [-0.15, -0.1) is 0 Å². The van der Waals surface area contributed by atoms with E-state index in [4.69, 9.17) is 26.8 Å². The number of nitrogens with two attached hydrogens (primary N) is 1. The van der Waals surface area contributed by atoms with Crippen molar-refractivity contribution in [3.63, 3.8) is 0 Å². The molecule has 1 aliphatic heterocycles. The number of rotatable bonds is 3. The normalized spacial score (nSPS) is 14.3. The van der Waals surface area contributed by atoms with Crippen molar-refractivity contribution >= 4 is 29.2 Å². The lowest BCUT2D eigenvalue weighted by Gasteiger charge is -2.18. The molecule has 0 saturated heterocycles. The quantitative estimate of drug-likeness (QED) is 0.692. The largest absolute Gasteiger partial charge is 0.486 e. The van der Waals surface area contributed by atoms with Crippen molar-refractivity contribution in [2.45, 2.75) is 0 Å². The highest BCUT2D eigenvalue weighted by Gasteiger charge is 2.10. The molecule has 22 heavy (non-hydrogen) atoms. The van der Waals surface area contributed by atoms with Crippen molar-refractivity contribution in [3.05, 3.63) is 59.1 Å². The second kappa shape index (κ2) is 6.54. The van der Waals surface area contributed by atoms with Crippen molar-refractivity contribution in [1.29, 1.82) is 0 Å². The SMILES string of the molecule is NC(C=Cc1ccc2c(c1)OCCO2)=Nc1ccc(Cl)cc1. The van der Waals surface area contributed by atoms with Gasteiger partial charge in [0.2, 0.25) is 0 Å². The highest BCUT2D eigenvalue weighted by Crippen LogP contribution is 2.31. The molecule has 2 N–H and O–H groups in total. The number of amidine groups is 1. The van der Waals surface area contributed by atoms with Crippen LogP contribution in [0.2, 0.25) is 5.02 Å². The van der Waals surface area contributed by atoms with E-state index in [1.54, 1.807) is 18.2 Å². The molecule has 1 aliphatic rings. The molecule has 0 spiro atoms. The lowest BCUT2D eigenvalue weighted by atomic mass is 10.2. The lowest BCUT2D eigenvalue weighted by Crippen LogP contribution is -2.15. The third-order valence-corrected chi connectivity index (χ3v) is 3.35. The number of halogens is 1. The van der Waals surface area contributed by atoms with Gasteiger partial charge in [0.25, 0.3) is 0 Å². The summed E-state index contributed by atoms with van der Waals surface area (Å²) >= 11 is 5.83. The Bertz CT molecular complexity index is 724. The Balaban J connectivity index is 1.74. The molecule has 0 aromatic heterocycles. The van der Waals surface area contributed by atoms with Gasteiger partial charge in [-0.25, -0.2) is 4.99 Å². The van der Waals surface area contributed by atoms with E-state index in [9.17, 15) is 0 Å². The molecule has 3 rings (SSSR count). The Morgan fingerprint density at radius 2 is 1.77 bits per heavy atom. The summed E-state index contributed by atoms with van der Waals surface area (Å²) in [5, 5.41) is 0.671. The molecule has 1 heterocycles. The minimum atomic E-state index is 0.414. The first-order valence-corrected chi connectivity index (χ1v) is 7.26. The zero-order chi connectivity index (χ0) is 15.4. The maximum Gasteiger partial charge on any atom is 0.161 e. The predicted octanol–water partition coefficient (Wildman–Crippen LogP) is 3.81. The van der Waals surface area contributed by atoms with Crippen molar-refractivity contribution in [2.75, 3.05) is 13.2 Å². The van der Waals surface area contributed by atoms with Crippen LogP contribution >= 0.6 is 11.6 Å². The summed E-state index contributed by atoms with van der Waals surface area (Å²) in [7, 11) is 0. The molecule has 0 fully saturated rings. The van der Waals surface area contributed by atoms with E-state index in [1.807, 2.05) is 36.4 Å². The van der Waals surface area contributed by atoms with Crippen molar-refractivity contribution in [2.24, 2.45) is 10.7 Å². The second-order valence-corrected chi connectivity index (χ2v) is 5.19. The molecule has 0 saturated carbocycles. The van der Waals surface area contributed by atoms with Crippen LogP contribution in [0.3, 0.4) is 0 Å². The molecule has 0 atom stereocenters. The van der Waals surface area contributed by atoms with Crippen LogP contribution in [0.4, 0.5) is 5.69 Å². The number of fused-ring (bicyclic) bond motifs is 1. The van der Waals surface area contributed by atoms with Crippen LogP contribution in [0.25, 0.3) is 6.08 Å².